The molecule has 0 aromatic heterocycles. The first-order chi connectivity index (χ1) is 14.3. The number of carbonyl (C=O) groups is 4. The number of allylic oxidation sites excluding steroid dienone is 2. The standard InChI is InChI=1S/C23H26N2O5/c1-12(2)20(23(29)30-11-17(26)24-16-8-4-13(3)5-9-16)25-21(27)18-14-6-7-15(10-14)19(18)22(25)28/h4-9,12,14-15,18-20H,10-11H2,1-3H3,(H,24,26)/t14-,15-,18+,19+,20-/m0/s1. The number of likely N-dealkylation sites (tertiary alicyclic amines) is 1. The van der Waals surface area contributed by atoms with E-state index in [0.717, 1.165) is 16.9 Å². The predicted molar refractivity (Wildman–Crippen MR) is 109 cm³/mol. The highest BCUT2D eigenvalue weighted by molar-refractivity contribution is 6.09. The molecule has 2 fully saturated rings. The molecule has 4 rings (SSSR count). The normalized spacial score (nSPS) is 27.5. The van der Waals surface area contributed by atoms with E-state index in [1.165, 1.54) is 0 Å². The number of fused-ring (bicyclic) bond motifs is 5. The number of nitrogens with zero attached hydrogens (tertiary/aromatic N) is 1. The molecule has 1 heterocycles. The lowest BCUT2D eigenvalue weighted by Crippen LogP contribution is -2.50. The third-order valence-corrected chi connectivity index (χ3v) is 6.34. The molecule has 2 aliphatic carbocycles. The molecule has 0 unspecified atom stereocenters. The smallest absolute Gasteiger partial charge is 0.330 e. The van der Waals surface area contributed by atoms with Gasteiger partial charge in [-0.1, -0.05) is 43.7 Å². The molecule has 7 nitrogen and oxygen atoms in total. The SMILES string of the molecule is Cc1ccc(NC(=O)COC(=O)[C@H](C(C)C)N2C(=O)[C@H]3[C@H](C2=O)[C@H]2C=C[C@H]3C2)cc1. The number of ether oxygens (including phenoxy) is 1. The van der Waals surface area contributed by atoms with Gasteiger partial charge in [0.05, 0.1) is 11.8 Å². The Hall–Kier alpha value is -2.96. The Balaban J connectivity index is 1.41. The molecule has 1 N–H and O–H groups in total. The summed E-state index contributed by atoms with van der Waals surface area (Å²) in [5.74, 6) is -2.70. The molecule has 2 bridgehead atoms. The van der Waals surface area contributed by atoms with Crippen LogP contribution < -0.4 is 5.32 Å². The molecule has 1 aromatic carbocycles. The van der Waals surface area contributed by atoms with E-state index >= 15 is 0 Å². The van der Waals surface area contributed by atoms with Crippen LogP contribution in [0.5, 0.6) is 0 Å². The van der Waals surface area contributed by atoms with E-state index < -0.39 is 24.5 Å². The third kappa shape index (κ3) is 3.42. The Morgan fingerprint density at radius 1 is 1.07 bits per heavy atom. The molecule has 158 valence electrons. The molecule has 3 aliphatic rings. The van der Waals surface area contributed by atoms with Gasteiger partial charge < -0.3 is 10.1 Å². The topological polar surface area (TPSA) is 92.8 Å². The predicted octanol–water partition coefficient (Wildman–Crippen LogP) is 2.31. The summed E-state index contributed by atoms with van der Waals surface area (Å²) in [6, 6.07) is 6.21. The molecule has 0 radical (unpaired) electrons. The van der Waals surface area contributed by atoms with Crippen LogP contribution in [0.15, 0.2) is 36.4 Å². The first kappa shape index (κ1) is 20.3. The average Bonchev–Trinajstić information content (AvgIpc) is 3.38. The largest absolute Gasteiger partial charge is 0.454 e. The van der Waals surface area contributed by atoms with Crippen LogP contribution in [0.4, 0.5) is 5.69 Å². The van der Waals surface area contributed by atoms with Gasteiger partial charge in [0.2, 0.25) is 11.8 Å². The molecule has 1 saturated carbocycles. The fourth-order valence-corrected chi connectivity index (χ4v) is 4.93. The van der Waals surface area contributed by atoms with Crippen LogP contribution in [0.1, 0.15) is 25.8 Å². The molecule has 30 heavy (non-hydrogen) atoms. The Morgan fingerprint density at radius 2 is 1.63 bits per heavy atom. The Morgan fingerprint density at radius 3 is 2.17 bits per heavy atom. The van der Waals surface area contributed by atoms with Gasteiger partial charge in [-0.15, -0.1) is 0 Å². The number of anilines is 1. The van der Waals surface area contributed by atoms with E-state index in [2.05, 4.69) is 5.32 Å². The number of hydrogen-bond acceptors (Lipinski definition) is 5. The van der Waals surface area contributed by atoms with Crippen LogP contribution in [-0.4, -0.2) is 41.2 Å². The summed E-state index contributed by atoms with van der Waals surface area (Å²) in [5, 5.41) is 2.66. The van der Waals surface area contributed by atoms with Crippen molar-refractivity contribution in [2.24, 2.45) is 29.6 Å². The van der Waals surface area contributed by atoms with Crippen LogP contribution in [0.25, 0.3) is 0 Å². The molecule has 1 saturated heterocycles. The highest BCUT2D eigenvalue weighted by Crippen LogP contribution is 2.53. The van der Waals surface area contributed by atoms with Crippen LogP contribution in [-0.2, 0) is 23.9 Å². The second-order valence-electron chi connectivity index (χ2n) is 8.76. The molecule has 0 spiro atoms. The van der Waals surface area contributed by atoms with Crippen LogP contribution >= 0.6 is 0 Å². The summed E-state index contributed by atoms with van der Waals surface area (Å²) in [4.78, 5) is 52.1. The van der Waals surface area contributed by atoms with Gasteiger partial charge in [-0.05, 0) is 43.2 Å². The van der Waals surface area contributed by atoms with Crippen molar-refractivity contribution < 1.29 is 23.9 Å². The van der Waals surface area contributed by atoms with Crippen LogP contribution in [0.2, 0.25) is 0 Å². The molecular weight excluding hydrogens is 384 g/mol. The van der Waals surface area contributed by atoms with Gasteiger partial charge in [-0.3, -0.25) is 19.3 Å². The van der Waals surface area contributed by atoms with Gasteiger partial charge in [0, 0.05) is 5.69 Å². The fraction of sp³-hybridized carbons (Fsp3) is 0.478. The number of rotatable bonds is 6. The number of hydrogen-bond donors (Lipinski definition) is 1. The maximum atomic E-state index is 13.0. The summed E-state index contributed by atoms with van der Waals surface area (Å²) >= 11 is 0. The molecule has 7 heteroatoms. The van der Waals surface area contributed by atoms with Crippen molar-refractivity contribution in [1.29, 1.82) is 0 Å². The maximum absolute atomic E-state index is 13.0. The second kappa shape index (κ2) is 7.70. The summed E-state index contributed by atoms with van der Waals surface area (Å²) in [5.41, 5.74) is 1.66. The van der Waals surface area contributed by atoms with Gasteiger partial charge in [0.25, 0.3) is 5.91 Å². The zero-order valence-corrected chi connectivity index (χ0v) is 17.3. The van der Waals surface area contributed by atoms with E-state index in [-0.39, 0.29) is 41.4 Å². The van der Waals surface area contributed by atoms with Crippen molar-refractivity contribution >= 4 is 29.4 Å². The lowest BCUT2D eigenvalue weighted by atomic mass is 9.85. The Kier molecular flexibility index (Phi) is 5.22. The lowest BCUT2D eigenvalue weighted by Gasteiger charge is -2.28. The van der Waals surface area contributed by atoms with Crippen molar-refractivity contribution in [3.05, 3.63) is 42.0 Å². The van der Waals surface area contributed by atoms with Gasteiger partial charge >= 0.3 is 5.97 Å². The highest BCUT2D eigenvalue weighted by Gasteiger charge is 2.61. The van der Waals surface area contributed by atoms with E-state index in [1.54, 1.807) is 26.0 Å². The number of amides is 3. The monoisotopic (exact) mass is 410 g/mol. The van der Waals surface area contributed by atoms with Crippen LogP contribution in [0.3, 0.4) is 0 Å². The molecule has 5 atom stereocenters. The molecular formula is C23H26N2O5. The number of benzene rings is 1. The number of carbonyl (C=O) groups excluding carboxylic acids is 4. The third-order valence-electron chi connectivity index (χ3n) is 6.34. The minimum atomic E-state index is -1.03. The zero-order chi connectivity index (χ0) is 21.6. The average molecular weight is 410 g/mol. The van der Waals surface area contributed by atoms with E-state index in [1.807, 2.05) is 31.2 Å². The van der Waals surface area contributed by atoms with E-state index in [4.69, 9.17) is 4.74 Å². The van der Waals surface area contributed by atoms with Gasteiger partial charge in [0.1, 0.15) is 6.04 Å². The van der Waals surface area contributed by atoms with E-state index in [0.29, 0.717) is 5.69 Å². The fourth-order valence-electron chi connectivity index (χ4n) is 4.93. The zero-order valence-electron chi connectivity index (χ0n) is 17.3. The lowest BCUT2D eigenvalue weighted by molar-refractivity contribution is -0.162. The molecule has 1 aromatic rings. The summed E-state index contributed by atoms with van der Waals surface area (Å²) < 4.78 is 5.21. The minimum absolute atomic E-state index is 0.0746. The van der Waals surface area contributed by atoms with Gasteiger partial charge in [-0.2, -0.15) is 0 Å². The Labute approximate surface area is 175 Å². The number of aryl methyl sites for hydroxylation is 1. The molecule has 3 amide bonds. The van der Waals surface area contributed by atoms with Crippen molar-refractivity contribution in [3.63, 3.8) is 0 Å². The summed E-state index contributed by atoms with van der Waals surface area (Å²) in [6.07, 6.45) is 4.86. The summed E-state index contributed by atoms with van der Waals surface area (Å²) in [7, 11) is 0. The van der Waals surface area contributed by atoms with Gasteiger partial charge in [0.15, 0.2) is 6.61 Å². The maximum Gasteiger partial charge on any atom is 0.330 e. The van der Waals surface area contributed by atoms with Crippen molar-refractivity contribution in [1.82, 2.24) is 4.90 Å². The number of nitrogens with one attached hydrogen (secondary N) is 1. The van der Waals surface area contributed by atoms with Crippen LogP contribution in [0, 0.1) is 36.5 Å². The highest BCUT2D eigenvalue weighted by atomic mass is 16.5. The Bertz CT molecular complexity index is 890. The van der Waals surface area contributed by atoms with Crippen molar-refractivity contribution in [2.75, 3.05) is 11.9 Å². The first-order valence-electron chi connectivity index (χ1n) is 10.4. The summed E-state index contributed by atoms with van der Waals surface area (Å²) in [6.45, 7) is 4.99. The number of esters is 1. The van der Waals surface area contributed by atoms with Crippen molar-refractivity contribution in [3.8, 4) is 0 Å². The van der Waals surface area contributed by atoms with Gasteiger partial charge in [-0.25, -0.2) is 4.79 Å². The quantitative estimate of drug-likeness (QED) is 0.441. The molecule has 1 aliphatic heterocycles. The second-order valence-corrected chi connectivity index (χ2v) is 8.76. The van der Waals surface area contributed by atoms with Crippen molar-refractivity contribution in [2.45, 2.75) is 33.2 Å². The minimum Gasteiger partial charge on any atom is -0.454 e. The number of imide groups is 1. The van der Waals surface area contributed by atoms with E-state index in [9.17, 15) is 19.2 Å². The first-order valence-corrected chi connectivity index (χ1v) is 10.4.